The SMILES string of the molecule is CCCN1N=CN(C(F)(F)C(F)(F)F)C1Cl. The number of nitrogens with zero attached hydrogens (tertiary/aromatic N) is 3. The van der Waals surface area contributed by atoms with Crippen LogP contribution in [-0.4, -0.2) is 40.6 Å². The van der Waals surface area contributed by atoms with Crippen molar-refractivity contribution in [3.05, 3.63) is 0 Å². The second kappa shape index (κ2) is 4.23. The van der Waals surface area contributed by atoms with Gasteiger partial charge in [0.1, 0.15) is 6.34 Å². The van der Waals surface area contributed by atoms with Gasteiger partial charge in [0.05, 0.1) is 0 Å². The summed E-state index contributed by atoms with van der Waals surface area (Å²) in [5.41, 5.74) is -1.63. The lowest BCUT2D eigenvalue weighted by Crippen LogP contribution is -2.55. The highest BCUT2D eigenvalue weighted by Gasteiger charge is 2.64. The Morgan fingerprint density at radius 2 is 1.88 bits per heavy atom. The molecule has 16 heavy (non-hydrogen) atoms. The quantitative estimate of drug-likeness (QED) is 0.444. The Kier molecular flexibility index (Phi) is 3.51. The summed E-state index contributed by atoms with van der Waals surface area (Å²) in [6.45, 7) is 1.93. The van der Waals surface area contributed by atoms with Crippen LogP contribution < -0.4 is 0 Å². The van der Waals surface area contributed by atoms with E-state index in [4.69, 9.17) is 11.6 Å². The molecule has 3 nitrogen and oxygen atoms in total. The van der Waals surface area contributed by atoms with Gasteiger partial charge < -0.3 is 0 Å². The molecule has 1 aliphatic rings. The fourth-order valence-corrected chi connectivity index (χ4v) is 1.44. The van der Waals surface area contributed by atoms with Gasteiger partial charge in [0, 0.05) is 6.54 Å². The lowest BCUT2D eigenvalue weighted by atomic mass is 10.4. The van der Waals surface area contributed by atoms with E-state index >= 15 is 0 Å². The zero-order valence-corrected chi connectivity index (χ0v) is 8.93. The number of hydrogen-bond donors (Lipinski definition) is 0. The minimum Gasteiger partial charge on any atom is -0.259 e. The van der Waals surface area contributed by atoms with E-state index in [9.17, 15) is 22.0 Å². The van der Waals surface area contributed by atoms with Crippen molar-refractivity contribution in [1.29, 1.82) is 0 Å². The molecule has 0 aromatic carbocycles. The molecule has 0 amide bonds. The lowest BCUT2D eigenvalue weighted by Gasteiger charge is -2.32. The molecular formula is C7H9ClF5N3. The van der Waals surface area contributed by atoms with Crippen molar-refractivity contribution in [2.45, 2.75) is 31.2 Å². The van der Waals surface area contributed by atoms with E-state index in [1.807, 2.05) is 0 Å². The third kappa shape index (κ3) is 2.16. The van der Waals surface area contributed by atoms with Gasteiger partial charge in [-0.2, -0.15) is 27.1 Å². The van der Waals surface area contributed by atoms with E-state index in [0.29, 0.717) is 12.8 Å². The van der Waals surface area contributed by atoms with Gasteiger partial charge in [0.15, 0.2) is 0 Å². The summed E-state index contributed by atoms with van der Waals surface area (Å²) in [4.78, 5) is -0.315. The van der Waals surface area contributed by atoms with Crippen LogP contribution in [0.25, 0.3) is 0 Å². The molecule has 1 heterocycles. The molecule has 9 heteroatoms. The Morgan fingerprint density at radius 1 is 1.31 bits per heavy atom. The summed E-state index contributed by atoms with van der Waals surface area (Å²) >= 11 is 5.46. The van der Waals surface area contributed by atoms with Crippen LogP contribution in [0.5, 0.6) is 0 Å². The van der Waals surface area contributed by atoms with Crippen LogP contribution in [-0.2, 0) is 0 Å². The summed E-state index contributed by atoms with van der Waals surface area (Å²) in [6.07, 6.45) is -4.75. The van der Waals surface area contributed by atoms with Gasteiger partial charge in [0.2, 0.25) is 5.62 Å². The van der Waals surface area contributed by atoms with Crippen LogP contribution in [0, 0.1) is 0 Å². The molecule has 1 aliphatic heterocycles. The summed E-state index contributed by atoms with van der Waals surface area (Å²) in [7, 11) is 0. The normalized spacial score (nSPS) is 22.1. The maximum absolute atomic E-state index is 12.9. The third-order valence-corrected chi connectivity index (χ3v) is 2.35. The maximum atomic E-state index is 12.9. The van der Waals surface area contributed by atoms with Gasteiger partial charge in [-0.15, -0.1) is 0 Å². The highest BCUT2D eigenvalue weighted by atomic mass is 35.5. The highest BCUT2D eigenvalue weighted by Crippen LogP contribution is 2.41. The van der Waals surface area contributed by atoms with E-state index < -0.39 is 17.8 Å². The number of rotatable bonds is 3. The van der Waals surface area contributed by atoms with Crippen LogP contribution in [0.2, 0.25) is 0 Å². The first-order valence-electron chi connectivity index (χ1n) is 4.39. The first-order chi connectivity index (χ1) is 7.21. The smallest absolute Gasteiger partial charge is 0.259 e. The second-order valence-electron chi connectivity index (χ2n) is 3.15. The lowest BCUT2D eigenvalue weighted by molar-refractivity contribution is -0.329. The molecule has 0 saturated heterocycles. The van der Waals surface area contributed by atoms with Gasteiger partial charge >= 0.3 is 12.2 Å². The Hall–Kier alpha value is -0.790. The fraction of sp³-hybridized carbons (Fsp3) is 0.857. The van der Waals surface area contributed by atoms with Gasteiger partial charge in [0.25, 0.3) is 0 Å². The van der Waals surface area contributed by atoms with Crippen molar-refractivity contribution in [3.63, 3.8) is 0 Å². The molecule has 94 valence electrons. The van der Waals surface area contributed by atoms with Gasteiger partial charge in [-0.25, -0.2) is 0 Å². The minimum atomic E-state index is -5.69. The first-order valence-corrected chi connectivity index (χ1v) is 4.83. The van der Waals surface area contributed by atoms with Crippen LogP contribution in [0.3, 0.4) is 0 Å². The molecule has 0 spiro atoms. The standard InChI is InChI=1S/C7H9ClF5N3/c1-2-3-16-5(8)15(4-14-16)7(12,13)6(9,10)11/h4-5H,2-3H2,1H3. The number of alkyl halides is 6. The van der Waals surface area contributed by atoms with Crippen molar-refractivity contribution in [3.8, 4) is 0 Å². The first kappa shape index (κ1) is 13.3. The van der Waals surface area contributed by atoms with Crippen LogP contribution in [0.1, 0.15) is 13.3 Å². The average molecular weight is 266 g/mol. The Bertz CT molecular complexity index is 280. The van der Waals surface area contributed by atoms with Crippen molar-refractivity contribution in [2.24, 2.45) is 5.10 Å². The van der Waals surface area contributed by atoms with Gasteiger partial charge in [-0.1, -0.05) is 18.5 Å². The highest BCUT2D eigenvalue weighted by molar-refractivity contribution is 6.21. The Labute approximate surface area is 93.4 Å². The Balaban J connectivity index is 2.82. The predicted molar refractivity (Wildman–Crippen MR) is 48.0 cm³/mol. The van der Waals surface area contributed by atoms with Crippen molar-refractivity contribution in [2.75, 3.05) is 6.54 Å². The topological polar surface area (TPSA) is 18.8 Å². The minimum absolute atomic E-state index is 0.203. The van der Waals surface area contributed by atoms with Crippen LogP contribution in [0.15, 0.2) is 5.10 Å². The maximum Gasteiger partial charge on any atom is 0.475 e. The zero-order valence-electron chi connectivity index (χ0n) is 8.18. The zero-order chi connectivity index (χ0) is 12.6. The molecule has 0 radical (unpaired) electrons. The summed E-state index contributed by atoms with van der Waals surface area (Å²) in [6, 6.07) is -5.02. The monoisotopic (exact) mass is 265 g/mol. The molecule has 0 N–H and O–H groups in total. The molecule has 0 aromatic rings. The molecule has 1 rings (SSSR count). The van der Waals surface area contributed by atoms with Crippen LogP contribution in [0.4, 0.5) is 22.0 Å². The predicted octanol–water partition coefficient (Wildman–Crippen LogP) is 2.63. The van der Waals surface area contributed by atoms with E-state index in [2.05, 4.69) is 5.10 Å². The molecule has 0 aromatic heterocycles. The van der Waals surface area contributed by atoms with Gasteiger partial charge in [-0.05, 0) is 6.42 Å². The molecule has 0 bridgehead atoms. The summed E-state index contributed by atoms with van der Waals surface area (Å²) < 4.78 is 61.9. The molecule has 0 fully saturated rings. The molecule has 1 atom stereocenters. The van der Waals surface area contributed by atoms with E-state index in [0.717, 1.165) is 5.01 Å². The number of halogens is 6. The van der Waals surface area contributed by atoms with Crippen molar-refractivity contribution in [1.82, 2.24) is 9.91 Å². The molecule has 0 saturated carbocycles. The van der Waals surface area contributed by atoms with Crippen LogP contribution >= 0.6 is 11.6 Å². The second-order valence-corrected chi connectivity index (χ2v) is 3.54. The largest absolute Gasteiger partial charge is 0.475 e. The summed E-state index contributed by atoms with van der Waals surface area (Å²) in [5.74, 6) is 0. The number of hydrazone groups is 1. The van der Waals surface area contributed by atoms with E-state index in [1.54, 1.807) is 6.92 Å². The molecular weight excluding hydrogens is 257 g/mol. The van der Waals surface area contributed by atoms with E-state index in [-0.39, 0.29) is 11.4 Å². The van der Waals surface area contributed by atoms with Gasteiger partial charge in [-0.3, -0.25) is 9.91 Å². The molecule has 1 unspecified atom stereocenters. The Morgan fingerprint density at radius 3 is 2.31 bits per heavy atom. The third-order valence-electron chi connectivity index (χ3n) is 1.92. The van der Waals surface area contributed by atoms with Crippen molar-refractivity contribution >= 4 is 17.9 Å². The van der Waals surface area contributed by atoms with Crippen molar-refractivity contribution < 1.29 is 22.0 Å². The number of hydrogen-bond acceptors (Lipinski definition) is 3. The fourth-order valence-electron chi connectivity index (χ4n) is 1.12. The summed E-state index contributed by atoms with van der Waals surface area (Å²) in [5, 5.41) is 4.35. The molecule has 0 aliphatic carbocycles. The van der Waals surface area contributed by atoms with E-state index in [1.165, 1.54) is 0 Å². The average Bonchev–Trinajstić information content (AvgIpc) is 2.47.